The number of carbonyl (C=O) groups excluding carboxylic acids is 2. The van der Waals surface area contributed by atoms with Gasteiger partial charge in [-0.25, -0.2) is 0 Å². The van der Waals surface area contributed by atoms with Crippen LogP contribution in [0.3, 0.4) is 0 Å². The number of hydrogen-bond donors (Lipinski definition) is 2. The van der Waals surface area contributed by atoms with Crippen molar-refractivity contribution in [3.63, 3.8) is 0 Å². The van der Waals surface area contributed by atoms with Gasteiger partial charge in [0.2, 0.25) is 5.78 Å². The quantitative estimate of drug-likeness (QED) is 0.294. The number of amides is 1. The summed E-state index contributed by atoms with van der Waals surface area (Å²) in [4.78, 5) is 33.9. The first kappa shape index (κ1) is 23.6. The molecule has 2 N–H and O–H groups in total. The Labute approximate surface area is 153 Å². The molecule has 0 unspecified atom stereocenters. The van der Waals surface area contributed by atoms with E-state index in [2.05, 4.69) is 12.2 Å². The Balaban J connectivity index is 3.50. The molecule has 0 aliphatic heterocycles. The zero-order chi connectivity index (χ0) is 18.9. The Kier molecular flexibility index (Phi) is 15.2. The Morgan fingerprint density at radius 1 is 0.800 bits per heavy atom. The standard InChI is InChI=1S/C20H37NO4/c1-3-4-5-6-7-8-9-10-11-12-13-14-18(22)20(25)21-17(2)15-16-19(23)24/h17H,3-16H2,1-2H3,(H,21,25)(H,23,24)/t17-/m0/s1. The smallest absolute Gasteiger partial charge is 0.303 e. The molecule has 0 radical (unpaired) electrons. The Morgan fingerprint density at radius 3 is 1.76 bits per heavy atom. The zero-order valence-corrected chi connectivity index (χ0v) is 16.1. The molecular weight excluding hydrogens is 318 g/mol. The van der Waals surface area contributed by atoms with Crippen LogP contribution < -0.4 is 5.32 Å². The maximum absolute atomic E-state index is 11.7. The van der Waals surface area contributed by atoms with Gasteiger partial charge in [0.25, 0.3) is 5.91 Å². The summed E-state index contributed by atoms with van der Waals surface area (Å²) in [6.07, 6.45) is 13.9. The van der Waals surface area contributed by atoms with Crippen LogP contribution in [0.2, 0.25) is 0 Å². The molecule has 146 valence electrons. The second-order valence-corrected chi connectivity index (χ2v) is 7.02. The van der Waals surface area contributed by atoms with Crippen molar-refractivity contribution in [1.29, 1.82) is 0 Å². The molecule has 0 saturated heterocycles. The molecule has 1 amide bonds. The molecule has 0 aromatic rings. The molecule has 0 aliphatic carbocycles. The highest BCUT2D eigenvalue weighted by atomic mass is 16.4. The molecule has 5 heteroatoms. The highest BCUT2D eigenvalue weighted by Gasteiger charge is 2.16. The molecule has 0 aromatic heterocycles. The number of ketones is 1. The van der Waals surface area contributed by atoms with Crippen molar-refractivity contribution < 1.29 is 19.5 Å². The number of aliphatic carboxylic acids is 1. The second-order valence-electron chi connectivity index (χ2n) is 7.02. The molecule has 25 heavy (non-hydrogen) atoms. The van der Waals surface area contributed by atoms with Gasteiger partial charge in [0, 0.05) is 18.9 Å². The third kappa shape index (κ3) is 15.9. The van der Waals surface area contributed by atoms with E-state index in [0.717, 1.165) is 19.3 Å². The van der Waals surface area contributed by atoms with E-state index in [1.807, 2.05) is 0 Å². The van der Waals surface area contributed by atoms with E-state index in [1.54, 1.807) is 6.92 Å². The average Bonchev–Trinajstić information content (AvgIpc) is 2.57. The van der Waals surface area contributed by atoms with Crippen LogP contribution in [0.4, 0.5) is 0 Å². The molecule has 0 bridgehead atoms. The Hall–Kier alpha value is -1.39. The number of nitrogens with one attached hydrogen (secondary N) is 1. The van der Waals surface area contributed by atoms with Crippen LogP contribution in [0.25, 0.3) is 0 Å². The van der Waals surface area contributed by atoms with Gasteiger partial charge in [0.1, 0.15) is 0 Å². The van der Waals surface area contributed by atoms with E-state index in [0.29, 0.717) is 6.42 Å². The highest BCUT2D eigenvalue weighted by Crippen LogP contribution is 2.12. The fraction of sp³-hybridized carbons (Fsp3) is 0.850. The van der Waals surface area contributed by atoms with Gasteiger partial charge in [-0.05, 0) is 19.8 Å². The summed E-state index contributed by atoms with van der Waals surface area (Å²) >= 11 is 0. The predicted octanol–water partition coefficient (Wildman–Crippen LogP) is 4.63. The number of carboxylic acids is 1. The summed E-state index contributed by atoms with van der Waals surface area (Å²) in [5, 5.41) is 11.2. The summed E-state index contributed by atoms with van der Waals surface area (Å²) in [6.45, 7) is 3.95. The van der Waals surface area contributed by atoms with Crippen molar-refractivity contribution in [2.45, 2.75) is 110 Å². The Bertz CT molecular complexity index is 382. The summed E-state index contributed by atoms with van der Waals surface area (Å²) in [5.74, 6) is -1.86. The summed E-state index contributed by atoms with van der Waals surface area (Å²) in [6, 6.07) is -0.287. The number of carbonyl (C=O) groups is 3. The fourth-order valence-corrected chi connectivity index (χ4v) is 2.78. The average molecular weight is 356 g/mol. The van der Waals surface area contributed by atoms with Crippen LogP contribution in [0.1, 0.15) is 104 Å². The van der Waals surface area contributed by atoms with Gasteiger partial charge in [0.15, 0.2) is 0 Å². The lowest BCUT2D eigenvalue weighted by Gasteiger charge is -2.11. The first-order chi connectivity index (χ1) is 12.0. The minimum Gasteiger partial charge on any atom is -0.481 e. The van der Waals surface area contributed by atoms with E-state index < -0.39 is 17.7 Å². The molecule has 0 spiro atoms. The van der Waals surface area contributed by atoms with Crippen LogP contribution in [0.15, 0.2) is 0 Å². The van der Waals surface area contributed by atoms with Crippen molar-refractivity contribution >= 4 is 17.7 Å². The van der Waals surface area contributed by atoms with Gasteiger partial charge >= 0.3 is 5.97 Å². The van der Waals surface area contributed by atoms with Gasteiger partial charge in [-0.15, -0.1) is 0 Å². The minimum absolute atomic E-state index is 0.00571. The van der Waals surface area contributed by atoms with Crippen LogP contribution >= 0.6 is 0 Å². The molecular formula is C20H37NO4. The second kappa shape index (κ2) is 16.1. The highest BCUT2D eigenvalue weighted by molar-refractivity contribution is 6.36. The molecule has 1 atom stereocenters. The number of Topliss-reactive ketones (excluding diaryl/α,β-unsaturated/α-hetero) is 1. The van der Waals surface area contributed by atoms with Crippen molar-refractivity contribution in [2.75, 3.05) is 0 Å². The van der Waals surface area contributed by atoms with Crippen LogP contribution in [0, 0.1) is 0 Å². The molecule has 0 aromatic carbocycles. The van der Waals surface area contributed by atoms with Crippen molar-refractivity contribution in [3.8, 4) is 0 Å². The van der Waals surface area contributed by atoms with E-state index in [4.69, 9.17) is 5.11 Å². The van der Waals surface area contributed by atoms with Gasteiger partial charge in [-0.2, -0.15) is 0 Å². The maximum Gasteiger partial charge on any atom is 0.303 e. The number of rotatable bonds is 17. The number of unbranched alkanes of at least 4 members (excludes halogenated alkanes) is 10. The summed E-state index contributed by atoms with van der Waals surface area (Å²) in [7, 11) is 0. The predicted molar refractivity (Wildman–Crippen MR) is 101 cm³/mol. The molecule has 0 aliphatic rings. The lowest BCUT2D eigenvalue weighted by Crippen LogP contribution is -2.37. The number of hydrogen-bond acceptors (Lipinski definition) is 3. The molecule has 5 nitrogen and oxygen atoms in total. The largest absolute Gasteiger partial charge is 0.481 e. The van der Waals surface area contributed by atoms with Gasteiger partial charge in [-0.3, -0.25) is 14.4 Å². The summed E-state index contributed by atoms with van der Waals surface area (Å²) < 4.78 is 0. The van der Waals surface area contributed by atoms with Crippen LogP contribution in [-0.2, 0) is 14.4 Å². The maximum atomic E-state index is 11.7. The topological polar surface area (TPSA) is 83.5 Å². The van der Waals surface area contributed by atoms with Gasteiger partial charge in [0.05, 0.1) is 0 Å². The molecule has 0 saturated carbocycles. The van der Waals surface area contributed by atoms with Crippen LogP contribution in [0.5, 0.6) is 0 Å². The van der Waals surface area contributed by atoms with E-state index in [9.17, 15) is 14.4 Å². The van der Waals surface area contributed by atoms with E-state index >= 15 is 0 Å². The first-order valence-electron chi connectivity index (χ1n) is 10.0. The van der Waals surface area contributed by atoms with Crippen molar-refractivity contribution in [3.05, 3.63) is 0 Å². The van der Waals surface area contributed by atoms with Crippen molar-refractivity contribution in [2.24, 2.45) is 0 Å². The summed E-state index contributed by atoms with van der Waals surface area (Å²) in [5.41, 5.74) is 0. The first-order valence-corrected chi connectivity index (χ1v) is 10.0. The normalized spacial score (nSPS) is 11.9. The van der Waals surface area contributed by atoms with Gasteiger partial charge in [-0.1, -0.05) is 71.1 Å². The van der Waals surface area contributed by atoms with E-state index in [1.165, 1.54) is 51.4 Å². The van der Waals surface area contributed by atoms with Gasteiger partial charge < -0.3 is 10.4 Å². The lowest BCUT2D eigenvalue weighted by atomic mass is 10.0. The van der Waals surface area contributed by atoms with E-state index in [-0.39, 0.29) is 18.9 Å². The fourth-order valence-electron chi connectivity index (χ4n) is 2.78. The zero-order valence-electron chi connectivity index (χ0n) is 16.1. The number of carboxylic acid groups (broad SMARTS) is 1. The Morgan fingerprint density at radius 2 is 1.28 bits per heavy atom. The molecule has 0 rings (SSSR count). The third-order valence-electron chi connectivity index (χ3n) is 4.43. The minimum atomic E-state index is -0.895. The van der Waals surface area contributed by atoms with Crippen molar-refractivity contribution in [1.82, 2.24) is 5.32 Å². The SMILES string of the molecule is CCCCCCCCCCCCCC(=O)C(=O)N[C@@H](C)CCC(=O)O. The lowest BCUT2D eigenvalue weighted by molar-refractivity contribution is -0.139. The third-order valence-corrected chi connectivity index (χ3v) is 4.43. The van der Waals surface area contributed by atoms with Crippen LogP contribution in [-0.4, -0.2) is 28.8 Å². The molecule has 0 fully saturated rings. The molecule has 0 heterocycles. The monoisotopic (exact) mass is 355 g/mol.